The summed E-state index contributed by atoms with van der Waals surface area (Å²) in [6.07, 6.45) is -2.51. The van der Waals surface area contributed by atoms with Crippen molar-refractivity contribution in [2.24, 2.45) is 0 Å². The van der Waals surface area contributed by atoms with Gasteiger partial charge in [0, 0.05) is 36.0 Å². The molecule has 5 nitrogen and oxygen atoms in total. The molecule has 1 aromatic rings. The molecule has 1 aromatic carbocycles. The Kier molecular flexibility index (Phi) is 5.62. The van der Waals surface area contributed by atoms with E-state index in [1.807, 2.05) is 20.8 Å². The van der Waals surface area contributed by atoms with Crippen LogP contribution in [0, 0.1) is 0 Å². The zero-order chi connectivity index (χ0) is 20.7. The van der Waals surface area contributed by atoms with E-state index in [9.17, 15) is 18.0 Å². The highest BCUT2D eigenvalue weighted by atomic mass is 35.5. The molecule has 0 aromatic heterocycles. The normalized spacial score (nSPS) is 24.8. The summed E-state index contributed by atoms with van der Waals surface area (Å²) in [4.78, 5) is 14.3. The number of nitrogens with zero attached hydrogens (tertiary/aromatic N) is 1. The molecule has 0 aliphatic carbocycles. The van der Waals surface area contributed by atoms with Crippen molar-refractivity contribution in [1.82, 2.24) is 4.90 Å². The highest BCUT2D eigenvalue weighted by Crippen LogP contribution is 2.39. The molecule has 3 atom stereocenters. The van der Waals surface area contributed by atoms with Crippen LogP contribution in [-0.4, -0.2) is 41.1 Å². The van der Waals surface area contributed by atoms with Gasteiger partial charge in [-0.3, -0.25) is 0 Å². The van der Waals surface area contributed by atoms with Crippen molar-refractivity contribution < 1.29 is 32.2 Å². The average Bonchev–Trinajstić information content (AvgIpc) is 2.75. The number of carbonyl (C=O) groups excluding carboxylic acids is 1. The Hall–Kier alpha value is -1.83. The van der Waals surface area contributed by atoms with Gasteiger partial charge >= 0.3 is 12.5 Å². The van der Waals surface area contributed by atoms with Crippen LogP contribution < -0.4 is 9.47 Å². The van der Waals surface area contributed by atoms with Crippen LogP contribution in [0.15, 0.2) is 18.2 Å². The van der Waals surface area contributed by atoms with E-state index in [-0.39, 0.29) is 35.1 Å². The molecule has 2 bridgehead atoms. The number of rotatable bonds is 3. The fraction of sp³-hybridized carbons (Fsp3) is 0.632. The number of alkyl halides is 3. The SMILES string of the molecule is CC(C)(C)OC(=O)N1[C@@H]2CC[C@H]1CC(Oc1cc(Cl)cc(OC(F)(F)F)c1)C2. The van der Waals surface area contributed by atoms with Crippen LogP contribution in [0.3, 0.4) is 0 Å². The molecule has 2 heterocycles. The molecule has 2 fully saturated rings. The van der Waals surface area contributed by atoms with Gasteiger partial charge in [-0.1, -0.05) is 11.6 Å². The van der Waals surface area contributed by atoms with Crippen LogP contribution >= 0.6 is 11.6 Å². The number of ether oxygens (including phenoxy) is 3. The summed E-state index contributed by atoms with van der Waals surface area (Å²) in [6, 6.07) is 3.68. The minimum atomic E-state index is -4.81. The Morgan fingerprint density at radius 1 is 1.07 bits per heavy atom. The minimum Gasteiger partial charge on any atom is -0.490 e. The number of hydrogen-bond donors (Lipinski definition) is 0. The third-order valence-corrected chi connectivity index (χ3v) is 4.89. The second-order valence-electron chi connectivity index (χ2n) is 8.15. The quantitative estimate of drug-likeness (QED) is 0.642. The van der Waals surface area contributed by atoms with Gasteiger partial charge in [0.15, 0.2) is 0 Å². The zero-order valence-electron chi connectivity index (χ0n) is 15.9. The lowest BCUT2D eigenvalue weighted by atomic mass is 10.00. The summed E-state index contributed by atoms with van der Waals surface area (Å²) in [7, 11) is 0. The molecule has 1 unspecified atom stereocenters. The first kappa shape index (κ1) is 20.9. The van der Waals surface area contributed by atoms with E-state index in [1.54, 1.807) is 4.90 Å². The maximum Gasteiger partial charge on any atom is 0.573 e. The molecule has 0 N–H and O–H groups in total. The van der Waals surface area contributed by atoms with E-state index >= 15 is 0 Å². The van der Waals surface area contributed by atoms with Crippen molar-refractivity contribution in [1.29, 1.82) is 0 Å². The van der Waals surface area contributed by atoms with E-state index in [2.05, 4.69) is 4.74 Å². The van der Waals surface area contributed by atoms with Crippen LogP contribution in [0.5, 0.6) is 11.5 Å². The monoisotopic (exact) mass is 421 g/mol. The van der Waals surface area contributed by atoms with Crippen molar-refractivity contribution in [2.75, 3.05) is 0 Å². The largest absolute Gasteiger partial charge is 0.573 e. The Morgan fingerprint density at radius 2 is 1.64 bits per heavy atom. The molecule has 0 radical (unpaired) electrons. The van der Waals surface area contributed by atoms with E-state index in [4.69, 9.17) is 21.1 Å². The number of carbonyl (C=O) groups is 1. The Morgan fingerprint density at radius 3 is 2.18 bits per heavy atom. The van der Waals surface area contributed by atoms with E-state index in [0.29, 0.717) is 12.8 Å². The maximum atomic E-state index is 12.5. The summed E-state index contributed by atoms with van der Waals surface area (Å²) in [5, 5.41) is 0.0888. The first-order chi connectivity index (χ1) is 12.9. The summed E-state index contributed by atoms with van der Waals surface area (Å²) in [5.74, 6) is -0.217. The van der Waals surface area contributed by atoms with Gasteiger partial charge in [0.25, 0.3) is 0 Å². The van der Waals surface area contributed by atoms with Crippen LogP contribution in [-0.2, 0) is 4.74 Å². The molecular weight excluding hydrogens is 399 g/mol. The second-order valence-corrected chi connectivity index (χ2v) is 8.59. The molecule has 0 saturated carbocycles. The lowest BCUT2D eigenvalue weighted by Crippen LogP contribution is -2.50. The molecule has 2 aliphatic rings. The third kappa shape index (κ3) is 5.37. The zero-order valence-corrected chi connectivity index (χ0v) is 16.6. The number of piperidine rings is 1. The average molecular weight is 422 g/mol. The molecular formula is C19H23ClF3NO4. The fourth-order valence-corrected chi connectivity index (χ4v) is 4.04. The van der Waals surface area contributed by atoms with Crippen molar-refractivity contribution in [2.45, 2.75) is 76.6 Å². The van der Waals surface area contributed by atoms with Gasteiger partial charge in [-0.15, -0.1) is 13.2 Å². The van der Waals surface area contributed by atoms with Gasteiger partial charge in [0.2, 0.25) is 0 Å². The molecule has 156 valence electrons. The molecule has 0 spiro atoms. The molecule has 2 saturated heterocycles. The summed E-state index contributed by atoms with van der Waals surface area (Å²) in [5.41, 5.74) is -0.570. The standard InChI is InChI=1S/C19H23ClF3NO4/c1-18(2,3)28-17(25)24-12-4-5-13(24)9-15(8-12)26-14-6-11(20)7-16(10-14)27-19(21,22)23/h6-7,10,12-13,15H,4-5,8-9H2,1-3H3/t12-,13+,15?. The predicted octanol–water partition coefficient (Wildman–Crippen LogP) is 5.55. The fourth-order valence-electron chi connectivity index (χ4n) is 3.83. The molecule has 9 heteroatoms. The minimum absolute atomic E-state index is 0.0105. The lowest BCUT2D eigenvalue weighted by molar-refractivity contribution is -0.274. The van der Waals surface area contributed by atoms with Crippen LogP contribution in [0.2, 0.25) is 5.02 Å². The van der Waals surface area contributed by atoms with Gasteiger partial charge in [-0.2, -0.15) is 0 Å². The van der Waals surface area contributed by atoms with Crippen molar-refractivity contribution >= 4 is 17.7 Å². The highest BCUT2D eigenvalue weighted by Gasteiger charge is 2.45. The topological polar surface area (TPSA) is 48.0 Å². The van der Waals surface area contributed by atoms with Crippen molar-refractivity contribution in [3.05, 3.63) is 23.2 Å². The summed E-state index contributed by atoms with van der Waals surface area (Å²) in [6.45, 7) is 5.47. The second kappa shape index (κ2) is 7.54. The first-order valence-corrected chi connectivity index (χ1v) is 9.52. The van der Waals surface area contributed by atoms with E-state index in [0.717, 1.165) is 18.9 Å². The Balaban J connectivity index is 1.66. The van der Waals surface area contributed by atoms with Crippen molar-refractivity contribution in [3.8, 4) is 11.5 Å². The molecule has 1 amide bonds. The van der Waals surface area contributed by atoms with E-state index in [1.165, 1.54) is 12.1 Å². The number of fused-ring (bicyclic) bond motifs is 2. The van der Waals surface area contributed by atoms with Crippen LogP contribution in [0.1, 0.15) is 46.5 Å². The smallest absolute Gasteiger partial charge is 0.490 e. The lowest BCUT2D eigenvalue weighted by Gasteiger charge is -2.39. The molecule has 28 heavy (non-hydrogen) atoms. The number of benzene rings is 1. The molecule has 2 aliphatic heterocycles. The van der Waals surface area contributed by atoms with Gasteiger partial charge < -0.3 is 19.1 Å². The molecule has 3 rings (SSSR count). The Bertz CT molecular complexity index is 721. The van der Waals surface area contributed by atoms with Crippen LogP contribution in [0.4, 0.5) is 18.0 Å². The maximum absolute atomic E-state index is 12.5. The first-order valence-electron chi connectivity index (χ1n) is 9.14. The van der Waals surface area contributed by atoms with Gasteiger partial charge in [-0.05, 0) is 45.7 Å². The summed E-state index contributed by atoms with van der Waals surface area (Å²) >= 11 is 5.90. The van der Waals surface area contributed by atoms with Crippen molar-refractivity contribution in [3.63, 3.8) is 0 Å². The highest BCUT2D eigenvalue weighted by molar-refractivity contribution is 6.30. The predicted molar refractivity (Wildman–Crippen MR) is 96.7 cm³/mol. The number of halogens is 4. The van der Waals surface area contributed by atoms with Crippen LogP contribution in [0.25, 0.3) is 0 Å². The van der Waals surface area contributed by atoms with Gasteiger partial charge in [-0.25, -0.2) is 4.79 Å². The van der Waals surface area contributed by atoms with Gasteiger partial charge in [0.05, 0.1) is 0 Å². The number of hydrogen-bond acceptors (Lipinski definition) is 4. The summed E-state index contributed by atoms with van der Waals surface area (Å²) < 4.78 is 52.7. The third-order valence-electron chi connectivity index (χ3n) is 4.68. The van der Waals surface area contributed by atoms with E-state index < -0.39 is 17.7 Å². The number of amides is 1. The van der Waals surface area contributed by atoms with Gasteiger partial charge in [0.1, 0.15) is 23.2 Å². The Labute approximate surface area is 166 Å².